The molecule has 9 heteroatoms. The van der Waals surface area contributed by atoms with Crippen molar-refractivity contribution in [3.05, 3.63) is 65.7 Å². The van der Waals surface area contributed by atoms with Gasteiger partial charge in [0.25, 0.3) is 0 Å². The van der Waals surface area contributed by atoms with Crippen molar-refractivity contribution in [3.8, 4) is 5.75 Å². The van der Waals surface area contributed by atoms with Crippen molar-refractivity contribution < 1.29 is 27.5 Å². The van der Waals surface area contributed by atoms with Crippen molar-refractivity contribution in [3.63, 3.8) is 0 Å². The summed E-state index contributed by atoms with van der Waals surface area (Å²) in [4.78, 5) is 25.6. The van der Waals surface area contributed by atoms with Gasteiger partial charge in [0, 0.05) is 26.6 Å². The van der Waals surface area contributed by atoms with Gasteiger partial charge in [0.05, 0.1) is 11.6 Å². The second-order valence-corrected chi connectivity index (χ2v) is 7.10. The fourth-order valence-corrected chi connectivity index (χ4v) is 2.78. The summed E-state index contributed by atoms with van der Waals surface area (Å²) in [5.74, 6) is -0.629. The molecule has 0 aromatic heterocycles. The van der Waals surface area contributed by atoms with E-state index in [2.05, 4.69) is 10.6 Å². The predicted molar refractivity (Wildman–Crippen MR) is 110 cm³/mol. The summed E-state index contributed by atoms with van der Waals surface area (Å²) >= 11 is 0. The number of urea groups is 1. The van der Waals surface area contributed by atoms with Crippen LogP contribution in [0.5, 0.6) is 5.75 Å². The van der Waals surface area contributed by atoms with Crippen LogP contribution in [0.2, 0.25) is 0 Å². The van der Waals surface area contributed by atoms with Crippen molar-refractivity contribution in [1.29, 1.82) is 0 Å². The van der Waals surface area contributed by atoms with E-state index in [0.29, 0.717) is 6.54 Å². The summed E-state index contributed by atoms with van der Waals surface area (Å²) in [6.45, 7) is 2.08. The van der Waals surface area contributed by atoms with Gasteiger partial charge in [-0.2, -0.15) is 13.2 Å². The molecule has 0 aliphatic rings. The fraction of sp³-hybridized carbons (Fsp3) is 0.364. The van der Waals surface area contributed by atoms with Crippen LogP contribution in [0.1, 0.15) is 24.5 Å². The summed E-state index contributed by atoms with van der Waals surface area (Å²) in [7, 11) is 1.65. The Balaban J connectivity index is 1.70. The quantitative estimate of drug-likeness (QED) is 0.627. The second-order valence-electron chi connectivity index (χ2n) is 7.10. The monoisotopic (exact) mass is 437 g/mol. The van der Waals surface area contributed by atoms with Crippen LogP contribution in [0.3, 0.4) is 0 Å². The van der Waals surface area contributed by atoms with Gasteiger partial charge < -0.3 is 20.3 Å². The summed E-state index contributed by atoms with van der Waals surface area (Å²) in [6.07, 6.45) is -4.48. The maximum absolute atomic E-state index is 13.0. The maximum Gasteiger partial charge on any atom is 0.419 e. The largest absolute Gasteiger partial charge is 0.491 e. The number of nitrogens with one attached hydrogen (secondary N) is 2. The number of para-hydroxylation sites is 1. The van der Waals surface area contributed by atoms with Gasteiger partial charge in [-0.1, -0.05) is 42.5 Å². The number of carbonyl (C=O) groups is 2. The van der Waals surface area contributed by atoms with Crippen LogP contribution < -0.4 is 15.4 Å². The van der Waals surface area contributed by atoms with Crippen LogP contribution in [0, 0.1) is 0 Å². The number of hydrogen-bond donors (Lipinski definition) is 2. The minimum atomic E-state index is -4.52. The number of halogens is 3. The Labute approximate surface area is 179 Å². The highest BCUT2D eigenvalue weighted by Gasteiger charge is 2.34. The number of carbonyl (C=O) groups excluding carboxylic acids is 2. The van der Waals surface area contributed by atoms with Gasteiger partial charge >= 0.3 is 12.2 Å². The zero-order chi connectivity index (χ0) is 22.9. The van der Waals surface area contributed by atoms with Crippen molar-refractivity contribution in [2.24, 2.45) is 0 Å². The van der Waals surface area contributed by atoms with Crippen LogP contribution in [-0.2, 0) is 17.5 Å². The Morgan fingerprint density at radius 1 is 1.06 bits per heavy atom. The molecule has 0 heterocycles. The van der Waals surface area contributed by atoms with Crippen molar-refractivity contribution >= 4 is 11.9 Å². The molecule has 0 saturated heterocycles. The maximum atomic E-state index is 13.0. The van der Waals surface area contributed by atoms with E-state index in [1.807, 2.05) is 30.3 Å². The van der Waals surface area contributed by atoms with E-state index in [1.54, 1.807) is 14.0 Å². The van der Waals surface area contributed by atoms with Crippen LogP contribution in [0.25, 0.3) is 0 Å². The van der Waals surface area contributed by atoms with E-state index in [0.717, 1.165) is 11.6 Å². The lowest BCUT2D eigenvalue weighted by atomic mass is 10.2. The Morgan fingerprint density at radius 2 is 1.71 bits per heavy atom. The molecule has 3 amide bonds. The third-order valence-electron chi connectivity index (χ3n) is 4.33. The summed E-state index contributed by atoms with van der Waals surface area (Å²) < 4.78 is 44.2. The molecule has 0 aliphatic carbocycles. The molecule has 31 heavy (non-hydrogen) atoms. The number of rotatable bonds is 9. The SMILES string of the molecule is CC(COc1ccccc1C(F)(F)F)NC(=O)CCNC(=O)N(C)Cc1ccccc1. The van der Waals surface area contributed by atoms with E-state index >= 15 is 0 Å². The highest BCUT2D eigenvalue weighted by Crippen LogP contribution is 2.35. The zero-order valence-corrected chi connectivity index (χ0v) is 17.4. The smallest absolute Gasteiger partial charge is 0.419 e. The van der Waals surface area contributed by atoms with Gasteiger partial charge in [-0.05, 0) is 24.6 Å². The van der Waals surface area contributed by atoms with Crippen molar-refractivity contribution in [2.75, 3.05) is 20.2 Å². The molecule has 0 fully saturated rings. The average Bonchev–Trinajstić information content (AvgIpc) is 2.72. The minimum Gasteiger partial charge on any atom is -0.491 e. The standard InChI is InChI=1S/C22H26F3N3O3/c1-16(15-31-19-11-7-6-10-18(19)22(23,24)25)27-20(29)12-13-26-21(30)28(2)14-17-8-4-3-5-9-17/h3-11,16H,12-15H2,1-2H3,(H,26,30)(H,27,29). The molecule has 2 rings (SSSR count). The molecule has 0 radical (unpaired) electrons. The first-order chi connectivity index (χ1) is 14.7. The molecule has 0 aliphatic heterocycles. The minimum absolute atomic E-state index is 0.0361. The van der Waals surface area contributed by atoms with Crippen molar-refractivity contribution in [1.82, 2.24) is 15.5 Å². The summed E-state index contributed by atoms with van der Waals surface area (Å²) in [5, 5.41) is 5.30. The van der Waals surface area contributed by atoms with E-state index in [4.69, 9.17) is 4.74 Å². The normalized spacial score (nSPS) is 12.0. The molecular weight excluding hydrogens is 411 g/mol. The lowest BCUT2D eigenvalue weighted by Crippen LogP contribution is -2.41. The molecule has 0 bridgehead atoms. The topological polar surface area (TPSA) is 70.7 Å². The first-order valence-corrected chi connectivity index (χ1v) is 9.78. The van der Waals surface area contributed by atoms with Crippen LogP contribution in [0.4, 0.5) is 18.0 Å². The third kappa shape index (κ3) is 8.19. The number of alkyl halides is 3. The second kappa shape index (κ2) is 11.2. The van der Waals surface area contributed by atoms with Gasteiger partial charge in [0.2, 0.25) is 5.91 Å². The molecule has 168 valence electrons. The van der Waals surface area contributed by atoms with Gasteiger partial charge in [-0.25, -0.2) is 4.79 Å². The van der Waals surface area contributed by atoms with Gasteiger partial charge in [0.1, 0.15) is 12.4 Å². The Bertz CT molecular complexity index is 860. The molecular formula is C22H26F3N3O3. The highest BCUT2D eigenvalue weighted by molar-refractivity contribution is 5.78. The summed E-state index contributed by atoms with van der Waals surface area (Å²) in [6, 6.07) is 13.6. The fourth-order valence-electron chi connectivity index (χ4n) is 2.78. The molecule has 1 unspecified atom stereocenters. The lowest BCUT2D eigenvalue weighted by molar-refractivity contribution is -0.139. The molecule has 0 spiro atoms. The van der Waals surface area contributed by atoms with Crippen LogP contribution in [-0.4, -0.2) is 43.1 Å². The van der Waals surface area contributed by atoms with E-state index < -0.39 is 17.8 Å². The van der Waals surface area contributed by atoms with Gasteiger partial charge in [-0.15, -0.1) is 0 Å². The Morgan fingerprint density at radius 3 is 2.39 bits per heavy atom. The lowest BCUT2D eigenvalue weighted by Gasteiger charge is -2.19. The Kier molecular flexibility index (Phi) is 8.72. The first-order valence-electron chi connectivity index (χ1n) is 9.78. The molecule has 2 aromatic carbocycles. The van der Waals surface area contributed by atoms with Crippen LogP contribution in [0.15, 0.2) is 54.6 Å². The van der Waals surface area contributed by atoms with E-state index in [-0.39, 0.29) is 37.3 Å². The molecule has 2 aromatic rings. The molecule has 0 saturated carbocycles. The average molecular weight is 437 g/mol. The number of benzene rings is 2. The molecule has 6 nitrogen and oxygen atoms in total. The van der Waals surface area contributed by atoms with Crippen molar-refractivity contribution in [2.45, 2.75) is 32.1 Å². The van der Waals surface area contributed by atoms with Gasteiger partial charge in [-0.3, -0.25) is 4.79 Å². The number of nitrogens with zero attached hydrogens (tertiary/aromatic N) is 1. The number of ether oxygens (including phenoxy) is 1. The van der Waals surface area contributed by atoms with Crippen LogP contribution >= 0.6 is 0 Å². The summed E-state index contributed by atoms with van der Waals surface area (Å²) in [5.41, 5.74) is 0.120. The van der Waals surface area contributed by atoms with E-state index in [1.165, 1.54) is 23.1 Å². The molecule has 2 N–H and O–H groups in total. The number of amides is 3. The first kappa shape index (κ1) is 24.0. The third-order valence-corrected chi connectivity index (χ3v) is 4.33. The highest BCUT2D eigenvalue weighted by atomic mass is 19.4. The zero-order valence-electron chi connectivity index (χ0n) is 17.4. The predicted octanol–water partition coefficient (Wildman–Crippen LogP) is 3.82. The molecule has 1 atom stereocenters. The van der Waals surface area contributed by atoms with Gasteiger partial charge in [0.15, 0.2) is 0 Å². The van der Waals surface area contributed by atoms with E-state index in [9.17, 15) is 22.8 Å². The Hall–Kier alpha value is -3.23. The number of hydrogen-bond acceptors (Lipinski definition) is 3.